The van der Waals surface area contributed by atoms with Crippen LogP contribution in [0.5, 0.6) is 0 Å². The second kappa shape index (κ2) is 7.90. The maximum absolute atomic E-state index is 4.08. The Hall–Kier alpha value is -1.80. The van der Waals surface area contributed by atoms with E-state index in [9.17, 15) is 0 Å². The minimum atomic E-state index is 0.507. The largest absolute Gasteiger partial charge is 0.382 e. The molecule has 2 aliphatic carbocycles. The number of fused-ring (bicyclic) bond motifs is 3. The molecule has 0 saturated carbocycles. The highest BCUT2D eigenvalue weighted by Gasteiger charge is 2.30. The van der Waals surface area contributed by atoms with Gasteiger partial charge in [0, 0.05) is 21.3 Å². The van der Waals surface area contributed by atoms with Gasteiger partial charge in [-0.15, -0.1) is 11.3 Å². The molecule has 5 rings (SSSR count). The summed E-state index contributed by atoms with van der Waals surface area (Å²) in [6.45, 7) is 18.9. The van der Waals surface area contributed by atoms with E-state index in [0.717, 1.165) is 6.42 Å². The van der Waals surface area contributed by atoms with Crippen LogP contribution in [0.3, 0.4) is 0 Å². The van der Waals surface area contributed by atoms with Crippen molar-refractivity contribution >= 4 is 27.1 Å². The quantitative estimate of drug-likeness (QED) is 0.416. The number of thiophene rings is 1. The number of benzene rings is 2. The SMILES string of the molecule is Cc1sc2cc3c(c(C)c2c1C)C(C)CC(Nc1c(C)c(C)c2c(c1C)CCCC2C)C3. The molecule has 0 amide bonds. The Morgan fingerprint density at radius 2 is 1.59 bits per heavy atom. The Morgan fingerprint density at radius 1 is 0.844 bits per heavy atom. The van der Waals surface area contributed by atoms with Crippen LogP contribution in [0.25, 0.3) is 10.1 Å². The van der Waals surface area contributed by atoms with Crippen LogP contribution in [0.15, 0.2) is 6.07 Å². The zero-order chi connectivity index (χ0) is 22.9. The molecule has 1 aromatic heterocycles. The minimum absolute atomic E-state index is 0.507. The summed E-state index contributed by atoms with van der Waals surface area (Å²) in [5.41, 5.74) is 15.5. The van der Waals surface area contributed by atoms with Gasteiger partial charge >= 0.3 is 0 Å². The maximum Gasteiger partial charge on any atom is 0.0407 e. The Balaban J connectivity index is 1.53. The summed E-state index contributed by atoms with van der Waals surface area (Å²) in [4.78, 5) is 1.47. The molecule has 1 nitrogen and oxygen atoms in total. The van der Waals surface area contributed by atoms with E-state index in [1.165, 1.54) is 74.2 Å². The number of aryl methyl sites for hydroxylation is 3. The Bertz CT molecular complexity index is 1230. The fraction of sp³-hybridized carbons (Fsp3) is 0.533. The van der Waals surface area contributed by atoms with Gasteiger partial charge in [0.05, 0.1) is 0 Å². The molecule has 1 N–H and O–H groups in total. The molecule has 2 aromatic carbocycles. The molecule has 3 aromatic rings. The van der Waals surface area contributed by atoms with Crippen molar-refractivity contribution in [1.82, 2.24) is 0 Å². The molecule has 3 atom stereocenters. The molecule has 2 aliphatic rings. The van der Waals surface area contributed by atoms with Crippen molar-refractivity contribution in [2.45, 2.75) is 105 Å². The second-order valence-electron chi connectivity index (χ2n) is 10.8. The van der Waals surface area contributed by atoms with Crippen molar-refractivity contribution < 1.29 is 0 Å². The molecule has 3 unspecified atom stereocenters. The summed E-state index contributed by atoms with van der Waals surface area (Å²) >= 11 is 1.97. The van der Waals surface area contributed by atoms with E-state index in [0.29, 0.717) is 17.9 Å². The van der Waals surface area contributed by atoms with Crippen molar-refractivity contribution in [2.75, 3.05) is 5.32 Å². The maximum atomic E-state index is 4.08. The fourth-order valence-electron chi connectivity index (χ4n) is 7.08. The van der Waals surface area contributed by atoms with Gasteiger partial charge in [-0.1, -0.05) is 13.8 Å². The zero-order valence-electron chi connectivity index (χ0n) is 21.3. The lowest BCUT2D eigenvalue weighted by Crippen LogP contribution is -2.30. The highest BCUT2D eigenvalue weighted by atomic mass is 32.1. The highest BCUT2D eigenvalue weighted by molar-refractivity contribution is 7.19. The number of hydrogen-bond donors (Lipinski definition) is 1. The van der Waals surface area contributed by atoms with Crippen molar-refractivity contribution in [3.8, 4) is 0 Å². The summed E-state index contributed by atoms with van der Waals surface area (Å²) in [5, 5.41) is 5.61. The molecule has 1 heterocycles. The lowest BCUT2D eigenvalue weighted by atomic mass is 9.76. The van der Waals surface area contributed by atoms with Crippen LogP contribution < -0.4 is 5.32 Å². The van der Waals surface area contributed by atoms with Crippen LogP contribution in [0.2, 0.25) is 0 Å². The third kappa shape index (κ3) is 3.24. The first-order chi connectivity index (χ1) is 15.2. The predicted octanol–water partition coefficient (Wildman–Crippen LogP) is 8.72. The molecule has 0 radical (unpaired) electrons. The van der Waals surface area contributed by atoms with E-state index in [1.807, 2.05) is 11.3 Å². The van der Waals surface area contributed by atoms with Crippen LogP contribution in [-0.4, -0.2) is 6.04 Å². The van der Waals surface area contributed by atoms with E-state index < -0.39 is 0 Å². The third-order valence-corrected chi connectivity index (χ3v) is 9.99. The van der Waals surface area contributed by atoms with Gasteiger partial charge < -0.3 is 5.32 Å². The van der Waals surface area contributed by atoms with E-state index >= 15 is 0 Å². The molecule has 0 aliphatic heterocycles. The first-order valence-corrected chi connectivity index (χ1v) is 13.4. The summed E-state index contributed by atoms with van der Waals surface area (Å²) in [6, 6.07) is 3.03. The van der Waals surface area contributed by atoms with E-state index in [-0.39, 0.29) is 0 Å². The lowest BCUT2D eigenvalue weighted by molar-refractivity contribution is 0.536. The summed E-state index contributed by atoms with van der Waals surface area (Å²) in [7, 11) is 0. The Labute approximate surface area is 198 Å². The van der Waals surface area contributed by atoms with Gasteiger partial charge in [-0.2, -0.15) is 0 Å². The number of anilines is 1. The Morgan fingerprint density at radius 3 is 2.34 bits per heavy atom. The summed E-state index contributed by atoms with van der Waals surface area (Å²) in [5.74, 6) is 1.30. The van der Waals surface area contributed by atoms with Crippen molar-refractivity contribution in [2.24, 2.45) is 0 Å². The number of rotatable bonds is 2. The van der Waals surface area contributed by atoms with Gasteiger partial charge in [0.25, 0.3) is 0 Å². The van der Waals surface area contributed by atoms with Gasteiger partial charge in [-0.05, 0) is 147 Å². The first-order valence-electron chi connectivity index (χ1n) is 12.6. The van der Waals surface area contributed by atoms with Gasteiger partial charge in [-0.3, -0.25) is 0 Å². The molecule has 2 heteroatoms. The minimum Gasteiger partial charge on any atom is -0.382 e. The third-order valence-electron chi connectivity index (χ3n) is 8.84. The molecule has 32 heavy (non-hydrogen) atoms. The molecule has 0 fully saturated rings. The average Bonchev–Trinajstić information content (AvgIpc) is 3.02. The predicted molar refractivity (Wildman–Crippen MR) is 142 cm³/mol. The topological polar surface area (TPSA) is 12.0 Å². The molecule has 0 bridgehead atoms. The zero-order valence-corrected chi connectivity index (χ0v) is 22.1. The second-order valence-corrected chi connectivity index (χ2v) is 12.1. The Kier molecular flexibility index (Phi) is 5.44. The van der Waals surface area contributed by atoms with Crippen molar-refractivity contribution in [3.05, 3.63) is 61.0 Å². The van der Waals surface area contributed by atoms with E-state index in [2.05, 4.69) is 66.8 Å². The summed E-state index contributed by atoms with van der Waals surface area (Å²) < 4.78 is 1.48. The number of nitrogens with one attached hydrogen (secondary N) is 1. The summed E-state index contributed by atoms with van der Waals surface area (Å²) in [6.07, 6.45) is 6.27. The van der Waals surface area contributed by atoms with Crippen LogP contribution >= 0.6 is 11.3 Å². The molecule has 0 spiro atoms. The number of hydrogen-bond acceptors (Lipinski definition) is 2. The van der Waals surface area contributed by atoms with Crippen LogP contribution in [0.4, 0.5) is 5.69 Å². The van der Waals surface area contributed by atoms with Gasteiger partial charge in [0.1, 0.15) is 0 Å². The van der Waals surface area contributed by atoms with Crippen molar-refractivity contribution in [3.63, 3.8) is 0 Å². The molecule has 0 saturated heterocycles. The van der Waals surface area contributed by atoms with Gasteiger partial charge in [0.2, 0.25) is 0 Å². The standard InChI is InChI=1S/C30H39NS/c1-15-10-9-11-25-20(6)30(18(4)17(3)28(15)25)31-24-12-16(2)27-21(7)29-19(5)22(8)32-26(29)14-23(27)13-24/h14-16,24,31H,9-13H2,1-8H3. The van der Waals surface area contributed by atoms with Crippen LogP contribution in [-0.2, 0) is 12.8 Å². The normalized spacial score (nSPS) is 22.7. The van der Waals surface area contributed by atoms with E-state index in [4.69, 9.17) is 0 Å². The van der Waals surface area contributed by atoms with Gasteiger partial charge in [0.15, 0.2) is 0 Å². The van der Waals surface area contributed by atoms with Crippen LogP contribution in [0, 0.1) is 41.5 Å². The molecular weight excluding hydrogens is 406 g/mol. The lowest BCUT2D eigenvalue weighted by Gasteiger charge is -2.35. The van der Waals surface area contributed by atoms with Crippen molar-refractivity contribution in [1.29, 1.82) is 0 Å². The average molecular weight is 446 g/mol. The smallest absolute Gasteiger partial charge is 0.0407 e. The molecule has 170 valence electrons. The van der Waals surface area contributed by atoms with E-state index in [1.54, 1.807) is 22.3 Å². The monoisotopic (exact) mass is 445 g/mol. The highest BCUT2D eigenvalue weighted by Crippen LogP contribution is 2.44. The molecular formula is C30H39NS. The fourth-order valence-corrected chi connectivity index (χ4v) is 8.27. The van der Waals surface area contributed by atoms with Gasteiger partial charge in [-0.25, -0.2) is 0 Å². The van der Waals surface area contributed by atoms with Crippen LogP contribution in [0.1, 0.15) is 99.9 Å². The first kappa shape index (κ1) is 22.0.